The van der Waals surface area contributed by atoms with Crippen LogP contribution in [0.25, 0.3) is 10.9 Å². The van der Waals surface area contributed by atoms with E-state index in [9.17, 15) is 9.59 Å². The zero-order valence-corrected chi connectivity index (χ0v) is 16.4. The summed E-state index contributed by atoms with van der Waals surface area (Å²) in [4.78, 5) is 31.0. The molecule has 5 nitrogen and oxygen atoms in total. The van der Waals surface area contributed by atoms with Gasteiger partial charge in [-0.1, -0.05) is 24.4 Å². The lowest BCUT2D eigenvalue weighted by molar-refractivity contribution is 0.0951. The number of nitrogens with one attached hydrogen (secondary N) is 1. The predicted molar refractivity (Wildman–Crippen MR) is 109 cm³/mol. The summed E-state index contributed by atoms with van der Waals surface area (Å²) in [5.74, 6) is 0.646. The molecule has 3 heterocycles. The molecule has 140 valence electrons. The maximum Gasteiger partial charge on any atom is 0.261 e. The van der Waals surface area contributed by atoms with E-state index in [4.69, 9.17) is 16.6 Å². The fourth-order valence-electron chi connectivity index (χ4n) is 3.45. The van der Waals surface area contributed by atoms with E-state index in [0.29, 0.717) is 27.3 Å². The molecule has 0 saturated heterocycles. The van der Waals surface area contributed by atoms with Crippen LogP contribution < -0.4 is 10.9 Å². The summed E-state index contributed by atoms with van der Waals surface area (Å²) >= 11 is 7.36. The number of aryl methyl sites for hydroxylation is 1. The average Bonchev–Trinajstić information content (AvgIpc) is 3.06. The van der Waals surface area contributed by atoms with Gasteiger partial charge in [0, 0.05) is 23.4 Å². The number of carbonyl (C=O) groups is 1. The van der Waals surface area contributed by atoms with Gasteiger partial charge in [0.1, 0.15) is 5.82 Å². The maximum absolute atomic E-state index is 12.8. The van der Waals surface area contributed by atoms with Gasteiger partial charge in [-0.15, -0.1) is 11.3 Å². The molecule has 0 bridgehead atoms. The molecule has 0 spiro atoms. The van der Waals surface area contributed by atoms with Gasteiger partial charge >= 0.3 is 0 Å². The Kier molecular flexibility index (Phi) is 5.27. The SMILES string of the molecule is O=C(NCc1ccc(Cl)s1)c1ccc2c(=O)n3c(nc2c1)CCCCCC3. The molecule has 0 atom stereocenters. The smallest absolute Gasteiger partial charge is 0.261 e. The van der Waals surface area contributed by atoms with Gasteiger partial charge in [-0.25, -0.2) is 4.98 Å². The van der Waals surface area contributed by atoms with Crippen molar-refractivity contribution in [1.29, 1.82) is 0 Å². The van der Waals surface area contributed by atoms with Crippen LogP contribution in [0.5, 0.6) is 0 Å². The second-order valence-corrected chi connectivity index (χ2v) is 8.57. The van der Waals surface area contributed by atoms with E-state index < -0.39 is 0 Å². The monoisotopic (exact) mass is 401 g/mol. The van der Waals surface area contributed by atoms with E-state index in [-0.39, 0.29) is 11.5 Å². The Balaban J connectivity index is 1.62. The third-order valence-electron chi connectivity index (χ3n) is 4.88. The van der Waals surface area contributed by atoms with E-state index >= 15 is 0 Å². The highest BCUT2D eigenvalue weighted by Crippen LogP contribution is 2.21. The predicted octanol–water partition coefficient (Wildman–Crippen LogP) is 4.16. The largest absolute Gasteiger partial charge is 0.347 e. The number of hydrogen-bond donors (Lipinski definition) is 1. The molecule has 1 amide bonds. The number of nitrogens with zero attached hydrogens (tertiary/aromatic N) is 2. The Labute approximate surface area is 166 Å². The number of hydrogen-bond acceptors (Lipinski definition) is 4. The van der Waals surface area contributed by atoms with E-state index in [2.05, 4.69) is 5.32 Å². The van der Waals surface area contributed by atoms with E-state index in [1.807, 2.05) is 16.7 Å². The van der Waals surface area contributed by atoms with Gasteiger partial charge < -0.3 is 5.32 Å². The van der Waals surface area contributed by atoms with Crippen molar-refractivity contribution in [3.05, 3.63) is 61.3 Å². The molecule has 4 rings (SSSR count). The van der Waals surface area contributed by atoms with Crippen molar-refractivity contribution in [2.75, 3.05) is 0 Å². The summed E-state index contributed by atoms with van der Waals surface area (Å²) in [5.41, 5.74) is 1.10. The van der Waals surface area contributed by atoms with Crippen LogP contribution >= 0.6 is 22.9 Å². The van der Waals surface area contributed by atoms with Crippen molar-refractivity contribution < 1.29 is 4.79 Å². The third kappa shape index (κ3) is 3.92. The molecule has 1 N–H and O–H groups in total. The van der Waals surface area contributed by atoms with Crippen molar-refractivity contribution in [1.82, 2.24) is 14.9 Å². The van der Waals surface area contributed by atoms with Crippen LogP contribution in [0.3, 0.4) is 0 Å². The third-order valence-corrected chi connectivity index (χ3v) is 6.11. The summed E-state index contributed by atoms with van der Waals surface area (Å²) in [5, 5.41) is 3.46. The summed E-state index contributed by atoms with van der Waals surface area (Å²) in [6, 6.07) is 8.84. The Morgan fingerprint density at radius 2 is 2.04 bits per heavy atom. The highest BCUT2D eigenvalue weighted by molar-refractivity contribution is 7.16. The fraction of sp³-hybridized carbons (Fsp3) is 0.350. The number of rotatable bonds is 3. The molecule has 0 aliphatic carbocycles. The number of amides is 1. The first-order chi connectivity index (χ1) is 13.1. The van der Waals surface area contributed by atoms with Crippen LogP contribution in [0.1, 0.15) is 46.7 Å². The second kappa shape index (κ2) is 7.82. The van der Waals surface area contributed by atoms with E-state index in [1.165, 1.54) is 17.8 Å². The van der Waals surface area contributed by atoms with E-state index in [0.717, 1.165) is 42.9 Å². The zero-order chi connectivity index (χ0) is 18.8. The molecule has 1 aromatic carbocycles. The average molecular weight is 402 g/mol. The van der Waals surface area contributed by atoms with Crippen molar-refractivity contribution in [3.63, 3.8) is 0 Å². The summed E-state index contributed by atoms with van der Waals surface area (Å²) < 4.78 is 2.51. The number of aromatic nitrogens is 2. The highest BCUT2D eigenvalue weighted by atomic mass is 35.5. The van der Waals surface area contributed by atoms with Crippen LogP contribution in [-0.4, -0.2) is 15.5 Å². The van der Waals surface area contributed by atoms with Gasteiger partial charge in [0.05, 0.1) is 21.8 Å². The maximum atomic E-state index is 12.8. The molecule has 1 aliphatic rings. The van der Waals surface area contributed by atoms with Gasteiger partial charge in [0.2, 0.25) is 0 Å². The molecule has 0 saturated carbocycles. The van der Waals surface area contributed by atoms with E-state index in [1.54, 1.807) is 18.2 Å². The number of fused-ring (bicyclic) bond motifs is 2. The van der Waals surface area contributed by atoms with Crippen LogP contribution in [0.15, 0.2) is 35.1 Å². The molecular weight excluding hydrogens is 382 g/mol. The normalized spacial score (nSPS) is 14.4. The molecule has 7 heteroatoms. The second-order valence-electron chi connectivity index (χ2n) is 6.77. The highest BCUT2D eigenvalue weighted by Gasteiger charge is 2.15. The molecule has 27 heavy (non-hydrogen) atoms. The minimum absolute atomic E-state index is 0.00270. The van der Waals surface area contributed by atoms with Crippen LogP contribution in [0.4, 0.5) is 0 Å². The Morgan fingerprint density at radius 3 is 2.85 bits per heavy atom. The Hall–Kier alpha value is -2.18. The molecule has 0 fully saturated rings. The Bertz CT molecular complexity index is 1060. The lowest BCUT2D eigenvalue weighted by Gasteiger charge is -2.16. The standard InChI is InChI=1S/C20H20ClN3O2S/c21-17-9-7-14(27-17)12-22-19(25)13-6-8-15-16(11-13)23-18-5-3-1-2-4-10-24(18)20(15)26/h6-9,11H,1-5,10,12H2,(H,22,25). The van der Waals surface area contributed by atoms with Gasteiger partial charge in [-0.3, -0.25) is 14.2 Å². The number of carbonyl (C=O) groups excluding carboxylic acids is 1. The molecule has 1 aliphatic heterocycles. The van der Waals surface area contributed by atoms with Crippen LogP contribution in [-0.2, 0) is 19.5 Å². The molecule has 0 radical (unpaired) electrons. The minimum atomic E-state index is -0.185. The van der Waals surface area contributed by atoms with Crippen LogP contribution in [0, 0.1) is 0 Å². The van der Waals surface area contributed by atoms with Crippen LogP contribution in [0.2, 0.25) is 4.34 Å². The molecule has 0 unspecified atom stereocenters. The first-order valence-corrected chi connectivity index (χ1v) is 10.4. The van der Waals surface area contributed by atoms with Crippen molar-refractivity contribution in [3.8, 4) is 0 Å². The lowest BCUT2D eigenvalue weighted by Crippen LogP contribution is -2.27. The quantitative estimate of drug-likeness (QED) is 0.716. The lowest BCUT2D eigenvalue weighted by atomic mass is 10.1. The summed E-state index contributed by atoms with van der Waals surface area (Å²) in [6.07, 6.45) is 5.18. The number of benzene rings is 1. The van der Waals surface area contributed by atoms with Gasteiger partial charge in [-0.2, -0.15) is 0 Å². The fourth-order valence-corrected chi connectivity index (χ4v) is 4.48. The molecular formula is C20H20ClN3O2S. The summed E-state index contributed by atoms with van der Waals surface area (Å²) in [6.45, 7) is 1.15. The summed E-state index contributed by atoms with van der Waals surface area (Å²) in [7, 11) is 0. The first kappa shape index (κ1) is 18.2. The zero-order valence-electron chi connectivity index (χ0n) is 14.8. The number of thiophene rings is 1. The Morgan fingerprint density at radius 1 is 1.19 bits per heavy atom. The van der Waals surface area contributed by atoms with Crippen molar-refractivity contribution in [2.24, 2.45) is 0 Å². The molecule has 3 aromatic rings. The van der Waals surface area contributed by atoms with Crippen molar-refractivity contribution in [2.45, 2.75) is 45.2 Å². The van der Waals surface area contributed by atoms with Crippen molar-refractivity contribution >= 4 is 39.7 Å². The first-order valence-electron chi connectivity index (χ1n) is 9.18. The van der Waals surface area contributed by atoms with Gasteiger partial charge in [0.15, 0.2) is 0 Å². The number of halogens is 1. The minimum Gasteiger partial charge on any atom is -0.347 e. The van der Waals surface area contributed by atoms with Gasteiger partial charge in [-0.05, 0) is 43.2 Å². The topological polar surface area (TPSA) is 64.0 Å². The van der Waals surface area contributed by atoms with Gasteiger partial charge in [0.25, 0.3) is 11.5 Å². The molecule has 2 aromatic heterocycles.